The van der Waals surface area contributed by atoms with Crippen LogP contribution in [-0.4, -0.2) is 52.9 Å². The number of nitrogens with zero attached hydrogens (tertiary/aromatic N) is 1. The van der Waals surface area contributed by atoms with Gasteiger partial charge >= 0.3 is 6.03 Å². The summed E-state index contributed by atoms with van der Waals surface area (Å²) in [6.07, 6.45) is 0. The largest absolute Gasteiger partial charge is 0.497 e. The summed E-state index contributed by atoms with van der Waals surface area (Å²) in [6.45, 7) is 0.414. The highest BCUT2D eigenvalue weighted by Crippen LogP contribution is 2.35. The highest BCUT2D eigenvalue weighted by molar-refractivity contribution is 6.32. The molecule has 2 N–H and O–H groups in total. The van der Waals surface area contributed by atoms with E-state index in [2.05, 4.69) is 10.6 Å². The summed E-state index contributed by atoms with van der Waals surface area (Å²) in [6, 6.07) is 10.6. The van der Waals surface area contributed by atoms with Crippen molar-refractivity contribution in [2.24, 2.45) is 0 Å². The molecule has 0 aliphatic rings. The third-order valence-electron chi connectivity index (χ3n) is 4.30. The Kier molecular flexibility index (Phi) is 7.78. The summed E-state index contributed by atoms with van der Waals surface area (Å²) in [5, 5.41) is 6.03. The zero-order chi connectivity index (χ0) is 20.7. The van der Waals surface area contributed by atoms with Crippen LogP contribution in [0, 0.1) is 0 Å². The molecule has 0 aromatic heterocycles. The lowest BCUT2D eigenvalue weighted by molar-refractivity contribution is 0.243. The number of hydrogen-bond acceptors (Lipinski definition) is 5. The Bertz CT molecular complexity index is 797. The van der Waals surface area contributed by atoms with Gasteiger partial charge in [0.2, 0.25) is 0 Å². The fraction of sp³-hybridized carbons (Fsp3) is 0.350. The van der Waals surface area contributed by atoms with Crippen LogP contribution in [-0.2, 0) is 0 Å². The molecular weight excluding hydrogens is 382 g/mol. The van der Waals surface area contributed by atoms with E-state index in [9.17, 15) is 4.79 Å². The Labute approximate surface area is 170 Å². The van der Waals surface area contributed by atoms with Gasteiger partial charge in [-0.05, 0) is 37.9 Å². The normalized spacial score (nSPS) is 11.7. The molecule has 0 saturated heterocycles. The Morgan fingerprint density at radius 2 is 1.68 bits per heavy atom. The van der Waals surface area contributed by atoms with Crippen molar-refractivity contribution in [3.8, 4) is 17.2 Å². The summed E-state index contributed by atoms with van der Waals surface area (Å²) in [7, 11) is 8.57. The number of urea groups is 1. The Balaban J connectivity index is 2.06. The summed E-state index contributed by atoms with van der Waals surface area (Å²) in [5.74, 6) is 1.71. The summed E-state index contributed by atoms with van der Waals surface area (Å²) < 4.78 is 15.7. The average molecular weight is 408 g/mol. The maximum atomic E-state index is 12.4. The van der Waals surface area contributed by atoms with Crippen molar-refractivity contribution in [1.82, 2.24) is 10.2 Å². The van der Waals surface area contributed by atoms with Gasteiger partial charge < -0.3 is 29.7 Å². The van der Waals surface area contributed by atoms with Crippen LogP contribution in [0.2, 0.25) is 5.02 Å². The highest BCUT2D eigenvalue weighted by Gasteiger charge is 2.17. The van der Waals surface area contributed by atoms with Crippen LogP contribution >= 0.6 is 11.6 Å². The number of carbonyl (C=O) groups excluding carboxylic acids is 1. The minimum Gasteiger partial charge on any atom is -0.497 e. The maximum absolute atomic E-state index is 12.4. The van der Waals surface area contributed by atoms with Crippen LogP contribution in [0.3, 0.4) is 0 Å². The second-order valence-electron chi connectivity index (χ2n) is 6.27. The van der Waals surface area contributed by atoms with Crippen LogP contribution in [0.4, 0.5) is 10.5 Å². The van der Waals surface area contributed by atoms with Crippen molar-refractivity contribution in [2.45, 2.75) is 6.04 Å². The Morgan fingerprint density at radius 1 is 1.04 bits per heavy atom. The SMILES string of the molecule is COc1ccc(C(CNC(=O)Nc2cc(Cl)c(OC)cc2OC)N(C)C)cc1. The number of hydrogen-bond donors (Lipinski definition) is 2. The number of anilines is 1. The Morgan fingerprint density at radius 3 is 2.21 bits per heavy atom. The summed E-state index contributed by atoms with van der Waals surface area (Å²) in [5.41, 5.74) is 1.52. The van der Waals surface area contributed by atoms with E-state index in [4.69, 9.17) is 25.8 Å². The van der Waals surface area contributed by atoms with Crippen molar-refractivity contribution >= 4 is 23.3 Å². The molecule has 152 valence electrons. The third-order valence-corrected chi connectivity index (χ3v) is 4.60. The molecule has 0 fully saturated rings. The first-order valence-corrected chi connectivity index (χ1v) is 9.04. The molecule has 0 radical (unpaired) electrons. The van der Waals surface area contributed by atoms with Gasteiger partial charge in [0.25, 0.3) is 0 Å². The van der Waals surface area contributed by atoms with Crippen molar-refractivity contribution in [1.29, 1.82) is 0 Å². The predicted octanol–water partition coefficient (Wildman–Crippen LogP) is 3.79. The van der Waals surface area contributed by atoms with E-state index >= 15 is 0 Å². The number of halogens is 1. The fourth-order valence-electron chi connectivity index (χ4n) is 2.74. The first kappa shape index (κ1) is 21.7. The van der Waals surface area contributed by atoms with Gasteiger partial charge in [-0.2, -0.15) is 0 Å². The number of carbonyl (C=O) groups is 1. The highest BCUT2D eigenvalue weighted by atomic mass is 35.5. The molecule has 2 amide bonds. The maximum Gasteiger partial charge on any atom is 0.319 e. The average Bonchev–Trinajstić information content (AvgIpc) is 2.68. The van der Waals surface area contributed by atoms with E-state index < -0.39 is 0 Å². The molecule has 8 heteroatoms. The number of rotatable bonds is 8. The lowest BCUT2D eigenvalue weighted by Gasteiger charge is -2.25. The van der Waals surface area contributed by atoms with E-state index in [1.165, 1.54) is 14.2 Å². The zero-order valence-electron chi connectivity index (χ0n) is 16.7. The smallest absolute Gasteiger partial charge is 0.319 e. The molecule has 0 bridgehead atoms. The van der Waals surface area contributed by atoms with Crippen molar-refractivity contribution < 1.29 is 19.0 Å². The van der Waals surface area contributed by atoms with E-state index in [-0.39, 0.29) is 12.1 Å². The fourth-order valence-corrected chi connectivity index (χ4v) is 2.98. The molecule has 2 aromatic carbocycles. The molecule has 1 atom stereocenters. The number of amides is 2. The standard InChI is InChI=1S/C20H26ClN3O4/c1-24(2)17(13-6-8-14(26-3)9-7-13)12-22-20(25)23-16-10-15(21)18(27-4)11-19(16)28-5/h6-11,17H,12H2,1-5H3,(H2,22,23,25). The van der Waals surface area contributed by atoms with Crippen LogP contribution in [0.15, 0.2) is 36.4 Å². The first-order valence-electron chi connectivity index (χ1n) is 8.66. The number of benzene rings is 2. The number of methoxy groups -OCH3 is 3. The Hall–Kier alpha value is -2.64. The van der Waals surface area contributed by atoms with Crippen molar-refractivity contribution in [3.05, 3.63) is 47.0 Å². The van der Waals surface area contributed by atoms with E-state index in [0.29, 0.717) is 28.8 Å². The van der Waals surface area contributed by atoms with E-state index in [1.54, 1.807) is 19.2 Å². The van der Waals surface area contributed by atoms with Gasteiger partial charge in [0, 0.05) is 12.6 Å². The molecule has 7 nitrogen and oxygen atoms in total. The van der Waals surface area contributed by atoms with Gasteiger partial charge in [0.1, 0.15) is 17.2 Å². The quantitative estimate of drug-likeness (QED) is 0.696. The van der Waals surface area contributed by atoms with Crippen LogP contribution in [0.25, 0.3) is 0 Å². The van der Waals surface area contributed by atoms with Gasteiger partial charge in [0.05, 0.1) is 38.1 Å². The van der Waals surface area contributed by atoms with Gasteiger partial charge in [0.15, 0.2) is 0 Å². The second kappa shape index (κ2) is 10.1. The number of likely N-dealkylation sites (N-methyl/N-ethyl adjacent to an activating group) is 1. The van der Waals surface area contributed by atoms with Crippen molar-refractivity contribution in [3.63, 3.8) is 0 Å². The van der Waals surface area contributed by atoms with Gasteiger partial charge in [-0.25, -0.2) is 4.79 Å². The minimum atomic E-state index is -0.361. The molecular formula is C20H26ClN3O4. The molecule has 2 aromatic rings. The van der Waals surface area contributed by atoms with Crippen LogP contribution in [0.1, 0.15) is 11.6 Å². The molecule has 0 aliphatic carbocycles. The molecule has 0 aliphatic heterocycles. The lowest BCUT2D eigenvalue weighted by atomic mass is 10.1. The van der Waals surface area contributed by atoms with Crippen LogP contribution in [0.5, 0.6) is 17.2 Å². The zero-order valence-corrected chi connectivity index (χ0v) is 17.5. The van der Waals surface area contributed by atoms with Gasteiger partial charge in [-0.15, -0.1) is 0 Å². The van der Waals surface area contributed by atoms with Crippen LogP contribution < -0.4 is 24.8 Å². The molecule has 0 spiro atoms. The number of ether oxygens (including phenoxy) is 3. The topological polar surface area (TPSA) is 72.1 Å². The second-order valence-corrected chi connectivity index (χ2v) is 6.68. The summed E-state index contributed by atoms with van der Waals surface area (Å²) >= 11 is 6.15. The minimum absolute atomic E-state index is 0.00185. The molecule has 2 rings (SSSR count). The van der Waals surface area contributed by atoms with Gasteiger partial charge in [-0.3, -0.25) is 0 Å². The van der Waals surface area contributed by atoms with E-state index in [0.717, 1.165) is 11.3 Å². The van der Waals surface area contributed by atoms with E-state index in [1.807, 2.05) is 43.3 Å². The monoisotopic (exact) mass is 407 g/mol. The molecule has 0 saturated carbocycles. The predicted molar refractivity (Wildman–Crippen MR) is 111 cm³/mol. The lowest BCUT2D eigenvalue weighted by Crippen LogP contribution is -2.37. The molecule has 28 heavy (non-hydrogen) atoms. The first-order chi connectivity index (χ1) is 13.4. The molecule has 1 unspecified atom stereocenters. The van der Waals surface area contributed by atoms with Gasteiger partial charge in [-0.1, -0.05) is 23.7 Å². The molecule has 0 heterocycles. The van der Waals surface area contributed by atoms with Crippen molar-refractivity contribution in [2.75, 3.05) is 47.3 Å². The number of nitrogens with one attached hydrogen (secondary N) is 2. The third kappa shape index (κ3) is 5.43. The summed E-state index contributed by atoms with van der Waals surface area (Å²) in [4.78, 5) is 14.4.